The van der Waals surface area contributed by atoms with Crippen molar-refractivity contribution in [3.05, 3.63) is 41.3 Å². The summed E-state index contributed by atoms with van der Waals surface area (Å²) < 4.78 is 5.35. The molecule has 0 saturated heterocycles. The maximum atomic E-state index is 7.20. The Morgan fingerprint density at radius 3 is 3.00 bits per heavy atom. The Morgan fingerprint density at radius 2 is 2.26 bits per heavy atom. The number of fused-ring (bicyclic) bond motifs is 1. The molecule has 0 fully saturated rings. The molecule has 0 spiro atoms. The van der Waals surface area contributed by atoms with Crippen molar-refractivity contribution in [3.8, 4) is 11.3 Å². The van der Waals surface area contributed by atoms with Crippen LogP contribution in [0.3, 0.4) is 0 Å². The zero-order chi connectivity index (χ0) is 16.4. The lowest BCUT2D eigenvalue weighted by Crippen LogP contribution is -2.25. The van der Waals surface area contributed by atoms with E-state index in [1.807, 2.05) is 38.1 Å². The number of hydrogen-bond acceptors (Lipinski definition) is 4. The number of nitrogens with one attached hydrogen (secondary N) is 3. The molecule has 0 saturated carbocycles. The number of benzene rings is 1. The van der Waals surface area contributed by atoms with Crippen LogP contribution in [0, 0.1) is 12.3 Å². The smallest absolute Gasteiger partial charge is 0.206 e. The minimum Gasteiger partial charge on any atom is -0.369 e. The minimum absolute atomic E-state index is 0.210. The summed E-state index contributed by atoms with van der Waals surface area (Å²) in [5.74, 6) is 0.542. The zero-order valence-corrected chi connectivity index (χ0v) is 13.0. The highest BCUT2D eigenvalue weighted by Gasteiger charge is 2.19. The molecule has 0 aliphatic rings. The van der Waals surface area contributed by atoms with Gasteiger partial charge in [-0.05, 0) is 19.4 Å². The van der Waals surface area contributed by atoms with Crippen molar-refractivity contribution >= 4 is 23.1 Å². The second kappa shape index (κ2) is 5.96. The van der Waals surface area contributed by atoms with E-state index in [0.717, 1.165) is 45.6 Å². The first-order chi connectivity index (χ1) is 11.1. The van der Waals surface area contributed by atoms with Gasteiger partial charge in [0.15, 0.2) is 0 Å². The number of rotatable bonds is 4. The molecule has 0 aliphatic heterocycles. The average molecular weight is 310 g/mol. The van der Waals surface area contributed by atoms with Gasteiger partial charge in [0.1, 0.15) is 5.76 Å². The van der Waals surface area contributed by atoms with E-state index in [9.17, 15) is 0 Å². The van der Waals surface area contributed by atoms with E-state index in [-0.39, 0.29) is 5.96 Å². The summed E-state index contributed by atoms with van der Waals surface area (Å²) in [5.41, 5.74) is 12.4. The molecule has 118 valence electrons. The van der Waals surface area contributed by atoms with Gasteiger partial charge in [0.05, 0.1) is 23.2 Å². The molecule has 0 bridgehead atoms. The van der Waals surface area contributed by atoms with Crippen molar-refractivity contribution in [3.63, 3.8) is 0 Å². The van der Waals surface area contributed by atoms with Crippen molar-refractivity contribution in [1.29, 1.82) is 5.41 Å². The number of para-hydroxylation sites is 1. The van der Waals surface area contributed by atoms with Gasteiger partial charge in [0.25, 0.3) is 0 Å². The fourth-order valence-electron chi connectivity index (χ4n) is 2.64. The standard InChI is InChI=1S/C16H18N6O/c1-3-12-14(9(2)23-22-12)15-11(8-19-21-16(17)18)10-6-4-5-7-13(10)20-15/h4-8,20H,3H2,1-2H3,(H4,17,18,21)/b19-8+. The Hall–Kier alpha value is -3.09. The fourth-order valence-corrected chi connectivity index (χ4v) is 2.64. The molecule has 2 aromatic heterocycles. The Balaban J connectivity index is 2.21. The van der Waals surface area contributed by atoms with Crippen molar-refractivity contribution in [2.45, 2.75) is 20.3 Å². The number of hydrazone groups is 1. The van der Waals surface area contributed by atoms with E-state index in [4.69, 9.17) is 15.7 Å². The summed E-state index contributed by atoms with van der Waals surface area (Å²) in [4.78, 5) is 3.42. The van der Waals surface area contributed by atoms with Crippen LogP contribution in [-0.4, -0.2) is 22.3 Å². The molecule has 3 aromatic rings. The Bertz CT molecular complexity index is 889. The first-order valence-corrected chi connectivity index (χ1v) is 7.31. The molecule has 0 atom stereocenters. The Morgan fingerprint density at radius 1 is 1.48 bits per heavy atom. The Labute approximate surface area is 133 Å². The van der Waals surface area contributed by atoms with Gasteiger partial charge < -0.3 is 15.2 Å². The number of nitrogens with zero attached hydrogens (tertiary/aromatic N) is 2. The van der Waals surface area contributed by atoms with Crippen LogP contribution >= 0.6 is 0 Å². The van der Waals surface area contributed by atoms with E-state index < -0.39 is 0 Å². The lowest BCUT2D eigenvalue weighted by atomic mass is 10.0. The zero-order valence-electron chi connectivity index (χ0n) is 13.0. The van der Waals surface area contributed by atoms with Crippen LogP contribution in [-0.2, 0) is 6.42 Å². The molecule has 5 N–H and O–H groups in total. The lowest BCUT2D eigenvalue weighted by Gasteiger charge is -2.01. The molecular weight excluding hydrogens is 292 g/mol. The quantitative estimate of drug-likeness (QED) is 0.336. The van der Waals surface area contributed by atoms with Gasteiger partial charge in [-0.2, -0.15) is 5.10 Å². The normalized spacial score (nSPS) is 11.4. The van der Waals surface area contributed by atoms with E-state index >= 15 is 0 Å². The number of nitrogens with two attached hydrogens (primary N) is 1. The second-order valence-electron chi connectivity index (χ2n) is 5.16. The Kier molecular flexibility index (Phi) is 3.84. The minimum atomic E-state index is -0.210. The third-order valence-electron chi connectivity index (χ3n) is 3.64. The molecule has 0 amide bonds. The summed E-state index contributed by atoms with van der Waals surface area (Å²) in [6.07, 6.45) is 2.42. The van der Waals surface area contributed by atoms with E-state index in [1.54, 1.807) is 6.21 Å². The highest BCUT2D eigenvalue weighted by Crippen LogP contribution is 2.33. The molecule has 0 unspecified atom stereocenters. The summed E-state index contributed by atoms with van der Waals surface area (Å²) in [5, 5.41) is 16.4. The van der Waals surface area contributed by atoms with Crippen molar-refractivity contribution < 1.29 is 4.52 Å². The molecule has 1 aromatic carbocycles. The largest absolute Gasteiger partial charge is 0.369 e. The van der Waals surface area contributed by atoms with E-state index in [0.29, 0.717) is 0 Å². The average Bonchev–Trinajstić information content (AvgIpc) is 3.07. The monoisotopic (exact) mass is 310 g/mol. The summed E-state index contributed by atoms with van der Waals surface area (Å²) >= 11 is 0. The molecule has 0 radical (unpaired) electrons. The van der Waals surface area contributed by atoms with E-state index in [1.165, 1.54) is 0 Å². The van der Waals surface area contributed by atoms with Gasteiger partial charge in [-0.15, -0.1) is 0 Å². The second-order valence-corrected chi connectivity index (χ2v) is 5.16. The van der Waals surface area contributed by atoms with Crippen LogP contribution in [0.1, 0.15) is 23.9 Å². The third kappa shape index (κ3) is 2.68. The van der Waals surface area contributed by atoms with Gasteiger partial charge in [-0.25, -0.2) is 5.43 Å². The van der Waals surface area contributed by atoms with Crippen LogP contribution in [0.2, 0.25) is 0 Å². The first-order valence-electron chi connectivity index (χ1n) is 7.31. The fraction of sp³-hybridized carbons (Fsp3) is 0.188. The van der Waals surface area contributed by atoms with Gasteiger partial charge in [0, 0.05) is 16.5 Å². The van der Waals surface area contributed by atoms with Crippen LogP contribution in [0.5, 0.6) is 0 Å². The molecular formula is C16H18N6O. The number of aromatic amines is 1. The van der Waals surface area contributed by atoms with Gasteiger partial charge in [0.2, 0.25) is 5.96 Å². The van der Waals surface area contributed by atoms with Crippen molar-refractivity contribution in [1.82, 2.24) is 15.6 Å². The third-order valence-corrected chi connectivity index (χ3v) is 3.64. The van der Waals surface area contributed by atoms with Gasteiger partial charge in [-0.3, -0.25) is 5.41 Å². The van der Waals surface area contributed by atoms with Gasteiger partial charge >= 0.3 is 0 Å². The summed E-state index contributed by atoms with van der Waals surface area (Å²) in [6, 6.07) is 7.96. The molecule has 0 aliphatic carbocycles. The number of hydrogen-bond donors (Lipinski definition) is 4. The predicted molar refractivity (Wildman–Crippen MR) is 90.6 cm³/mol. The summed E-state index contributed by atoms with van der Waals surface area (Å²) in [7, 11) is 0. The molecule has 3 rings (SSSR count). The molecule has 23 heavy (non-hydrogen) atoms. The van der Waals surface area contributed by atoms with Crippen molar-refractivity contribution in [2.75, 3.05) is 0 Å². The number of aromatic nitrogens is 2. The maximum absolute atomic E-state index is 7.20. The van der Waals surface area contributed by atoms with Crippen molar-refractivity contribution in [2.24, 2.45) is 10.8 Å². The lowest BCUT2D eigenvalue weighted by molar-refractivity contribution is 0.391. The van der Waals surface area contributed by atoms with E-state index in [2.05, 4.69) is 20.7 Å². The SMILES string of the molecule is CCc1noc(C)c1-c1[nH]c2ccccc2c1/C=N/NC(=N)N. The topological polar surface area (TPSA) is 116 Å². The number of guanidine groups is 1. The maximum Gasteiger partial charge on any atom is 0.206 e. The van der Waals surface area contributed by atoms with Gasteiger partial charge in [-0.1, -0.05) is 30.3 Å². The predicted octanol–water partition coefficient (Wildman–Crippen LogP) is 2.51. The first kappa shape index (κ1) is 14.8. The molecule has 7 nitrogen and oxygen atoms in total. The van der Waals surface area contributed by atoms with Crippen LogP contribution in [0.4, 0.5) is 0 Å². The summed E-state index contributed by atoms with van der Waals surface area (Å²) in [6.45, 7) is 3.93. The highest BCUT2D eigenvalue weighted by atomic mass is 16.5. The van der Waals surface area contributed by atoms with Crippen LogP contribution < -0.4 is 11.2 Å². The molecule has 7 heteroatoms. The highest BCUT2D eigenvalue weighted by molar-refractivity contribution is 6.06. The number of H-pyrrole nitrogens is 1. The van der Waals surface area contributed by atoms with Crippen LogP contribution in [0.15, 0.2) is 33.9 Å². The van der Waals surface area contributed by atoms with Crippen LogP contribution in [0.25, 0.3) is 22.2 Å². The molecule has 2 heterocycles. The number of aryl methyl sites for hydroxylation is 2.